The molecule has 5 heteroatoms. The van der Waals surface area contributed by atoms with Gasteiger partial charge < -0.3 is 16.2 Å². The summed E-state index contributed by atoms with van der Waals surface area (Å²) < 4.78 is 1.10. The second kappa shape index (κ2) is 5.33. The first-order chi connectivity index (χ1) is 8.15. The number of hydrogen-bond donors (Lipinski definition) is 3. The van der Waals surface area contributed by atoms with Gasteiger partial charge in [0, 0.05) is 12.2 Å². The van der Waals surface area contributed by atoms with Crippen molar-refractivity contribution in [2.75, 3.05) is 17.6 Å². The number of aliphatic hydroxyl groups is 1. The molecule has 1 heterocycles. The van der Waals surface area contributed by atoms with Crippen molar-refractivity contribution in [3.05, 3.63) is 18.2 Å². The predicted octanol–water partition coefficient (Wildman–Crippen LogP) is 2.45. The number of benzene rings is 1. The first-order valence-corrected chi connectivity index (χ1v) is 6.55. The van der Waals surface area contributed by atoms with Crippen molar-refractivity contribution in [2.45, 2.75) is 25.9 Å². The lowest BCUT2D eigenvalue weighted by Gasteiger charge is -2.04. The molecule has 2 aromatic rings. The second-order valence-electron chi connectivity index (χ2n) is 4.16. The number of rotatable bonds is 5. The van der Waals surface area contributed by atoms with E-state index >= 15 is 0 Å². The smallest absolute Gasteiger partial charge is 0.183 e. The first-order valence-electron chi connectivity index (χ1n) is 5.73. The fourth-order valence-electron chi connectivity index (χ4n) is 1.61. The second-order valence-corrected chi connectivity index (χ2v) is 5.19. The van der Waals surface area contributed by atoms with E-state index in [1.807, 2.05) is 18.2 Å². The van der Waals surface area contributed by atoms with Crippen LogP contribution >= 0.6 is 11.3 Å². The first kappa shape index (κ1) is 12.1. The Bertz CT molecular complexity index is 495. The lowest BCUT2D eigenvalue weighted by Crippen LogP contribution is -2.06. The van der Waals surface area contributed by atoms with Gasteiger partial charge in [-0.25, -0.2) is 4.98 Å². The van der Waals surface area contributed by atoms with Crippen LogP contribution in [0.25, 0.3) is 10.2 Å². The zero-order chi connectivity index (χ0) is 12.3. The fraction of sp³-hybridized carbons (Fsp3) is 0.417. The third-order valence-corrected chi connectivity index (χ3v) is 3.46. The van der Waals surface area contributed by atoms with Gasteiger partial charge in [-0.3, -0.25) is 0 Å². The van der Waals surface area contributed by atoms with E-state index in [-0.39, 0.29) is 6.10 Å². The number of aliphatic hydroxyl groups excluding tert-OH is 1. The summed E-state index contributed by atoms with van der Waals surface area (Å²) in [5.74, 6) is 0. The van der Waals surface area contributed by atoms with E-state index in [0.717, 1.165) is 40.4 Å². The van der Waals surface area contributed by atoms with Crippen LogP contribution in [0.3, 0.4) is 0 Å². The highest BCUT2D eigenvalue weighted by atomic mass is 32.1. The molecule has 0 saturated carbocycles. The van der Waals surface area contributed by atoms with Crippen LogP contribution in [0.4, 0.5) is 10.8 Å². The number of hydrogen-bond acceptors (Lipinski definition) is 5. The summed E-state index contributed by atoms with van der Waals surface area (Å²) in [5, 5.41) is 13.3. The monoisotopic (exact) mass is 251 g/mol. The summed E-state index contributed by atoms with van der Waals surface area (Å²) >= 11 is 1.61. The van der Waals surface area contributed by atoms with Crippen LogP contribution in [0, 0.1) is 0 Å². The van der Waals surface area contributed by atoms with Crippen LogP contribution < -0.4 is 11.1 Å². The summed E-state index contributed by atoms with van der Waals surface area (Å²) in [6.45, 7) is 2.64. The Balaban J connectivity index is 1.95. The van der Waals surface area contributed by atoms with Gasteiger partial charge in [-0.2, -0.15) is 0 Å². The van der Waals surface area contributed by atoms with Crippen molar-refractivity contribution in [2.24, 2.45) is 0 Å². The summed E-state index contributed by atoms with van der Waals surface area (Å²) in [5.41, 5.74) is 7.46. The third kappa shape index (κ3) is 3.31. The van der Waals surface area contributed by atoms with Crippen molar-refractivity contribution >= 4 is 32.4 Å². The van der Waals surface area contributed by atoms with Crippen LogP contribution in [0.5, 0.6) is 0 Å². The van der Waals surface area contributed by atoms with Gasteiger partial charge in [0.1, 0.15) is 0 Å². The Morgan fingerprint density at radius 3 is 3.12 bits per heavy atom. The molecule has 4 N–H and O–H groups in total. The summed E-state index contributed by atoms with van der Waals surface area (Å²) in [7, 11) is 0. The molecule has 0 bridgehead atoms. The van der Waals surface area contributed by atoms with Crippen LogP contribution in [-0.4, -0.2) is 22.7 Å². The van der Waals surface area contributed by atoms with Gasteiger partial charge in [0.15, 0.2) is 5.13 Å². The average Bonchev–Trinajstić information content (AvgIpc) is 2.66. The van der Waals surface area contributed by atoms with Crippen molar-refractivity contribution in [1.82, 2.24) is 4.98 Å². The molecule has 0 aliphatic heterocycles. The molecule has 0 aliphatic rings. The number of thiazole rings is 1. The lowest BCUT2D eigenvalue weighted by atomic mass is 10.2. The van der Waals surface area contributed by atoms with E-state index < -0.39 is 0 Å². The third-order valence-electron chi connectivity index (χ3n) is 2.49. The number of nitrogens with zero attached hydrogens (tertiary/aromatic N) is 1. The fourth-order valence-corrected chi connectivity index (χ4v) is 2.55. The van der Waals surface area contributed by atoms with Gasteiger partial charge in [0.05, 0.1) is 16.3 Å². The Morgan fingerprint density at radius 2 is 2.35 bits per heavy atom. The minimum Gasteiger partial charge on any atom is -0.399 e. The molecule has 0 radical (unpaired) electrons. The maximum absolute atomic E-state index is 9.14. The quantitative estimate of drug-likeness (QED) is 0.564. The molecule has 0 aliphatic carbocycles. The largest absolute Gasteiger partial charge is 0.399 e. The highest BCUT2D eigenvalue weighted by Crippen LogP contribution is 2.27. The number of nitrogens with two attached hydrogens (primary N) is 1. The van der Waals surface area contributed by atoms with Crippen molar-refractivity contribution < 1.29 is 5.11 Å². The van der Waals surface area contributed by atoms with E-state index in [1.54, 1.807) is 18.3 Å². The highest BCUT2D eigenvalue weighted by Gasteiger charge is 2.03. The van der Waals surface area contributed by atoms with Gasteiger partial charge in [0.2, 0.25) is 0 Å². The van der Waals surface area contributed by atoms with E-state index in [4.69, 9.17) is 10.8 Å². The number of nitrogen functional groups attached to an aromatic ring is 1. The molecule has 2 rings (SSSR count). The van der Waals surface area contributed by atoms with Crippen LogP contribution in [0.1, 0.15) is 19.8 Å². The molecule has 4 nitrogen and oxygen atoms in total. The summed E-state index contributed by atoms with van der Waals surface area (Å²) in [6, 6.07) is 5.73. The van der Waals surface area contributed by atoms with E-state index in [9.17, 15) is 0 Å². The normalized spacial score (nSPS) is 12.8. The summed E-state index contributed by atoms with van der Waals surface area (Å²) in [6.07, 6.45) is 1.52. The molecule has 1 aromatic heterocycles. The van der Waals surface area contributed by atoms with Crippen molar-refractivity contribution in [3.63, 3.8) is 0 Å². The molecule has 1 atom stereocenters. The number of nitrogens with one attached hydrogen (secondary N) is 1. The lowest BCUT2D eigenvalue weighted by molar-refractivity contribution is 0.183. The Labute approximate surface area is 104 Å². The predicted molar refractivity (Wildman–Crippen MR) is 73.4 cm³/mol. The van der Waals surface area contributed by atoms with E-state index in [1.165, 1.54) is 0 Å². The van der Waals surface area contributed by atoms with E-state index in [2.05, 4.69) is 10.3 Å². The van der Waals surface area contributed by atoms with Crippen molar-refractivity contribution in [1.29, 1.82) is 0 Å². The zero-order valence-electron chi connectivity index (χ0n) is 9.81. The van der Waals surface area contributed by atoms with Crippen LogP contribution in [0.2, 0.25) is 0 Å². The number of fused-ring (bicyclic) bond motifs is 1. The molecule has 0 spiro atoms. The molecule has 0 amide bonds. The molecule has 92 valence electrons. The topological polar surface area (TPSA) is 71.2 Å². The molecule has 0 saturated heterocycles. The molecule has 1 aromatic carbocycles. The Hall–Kier alpha value is -1.33. The SMILES string of the molecule is CC(O)CCCNc1nc2ccc(N)cc2s1. The number of anilines is 2. The molecule has 0 fully saturated rings. The maximum Gasteiger partial charge on any atom is 0.183 e. The maximum atomic E-state index is 9.14. The van der Waals surface area contributed by atoms with Gasteiger partial charge in [-0.15, -0.1) is 0 Å². The van der Waals surface area contributed by atoms with Gasteiger partial charge >= 0.3 is 0 Å². The number of aromatic nitrogens is 1. The Kier molecular flexibility index (Phi) is 3.81. The molecule has 1 unspecified atom stereocenters. The van der Waals surface area contributed by atoms with Gasteiger partial charge in [-0.1, -0.05) is 11.3 Å². The van der Waals surface area contributed by atoms with Crippen LogP contribution in [-0.2, 0) is 0 Å². The van der Waals surface area contributed by atoms with Gasteiger partial charge in [0.25, 0.3) is 0 Å². The zero-order valence-corrected chi connectivity index (χ0v) is 10.6. The molecular formula is C12H17N3OS. The highest BCUT2D eigenvalue weighted by molar-refractivity contribution is 7.22. The van der Waals surface area contributed by atoms with Crippen molar-refractivity contribution in [3.8, 4) is 0 Å². The molecule has 17 heavy (non-hydrogen) atoms. The Morgan fingerprint density at radius 1 is 1.53 bits per heavy atom. The van der Waals surface area contributed by atoms with Gasteiger partial charge in [-0.05, 0) is 38.0 Å². The molecular weight excluding hydrogens is 234 g/mol. The van der Waals surface area contributed by atoms with E-state index in [0.29, 0.717) is 0 Å². The minimum atomic E-state index is -0.230. The van der Waals surface area contributed by atoms with Crippen LogP contribution in [0.15, 0.2) is 18.2 Å². The average molecular weight is 251 g/mol. The summed E-state index contributed by atoms with van der Waals surface area (Å²) in [4.78, 5) is 4.46. The minimum absolute atomic E-state index is 0.230. The standard InChI is InChI=1S/C12H17N3OS/c1-8(16)3-2-6-14-12-15-10-5-4-9(13)7-11(10)17-12/h4-5,7-8,16H,2-3,6,13H2,1H3,(H,14,15).